The molecule has 31 heavy (non-hydrogen) atoms. The average molecular weight is 402 g/mol. The summed E-state index contributed by atoms with van der Waals surface area (Å²) in [5.41, 5.74) is 11.4. The number of nitrogens with two attached hydrogens (primary N) is 1. The first-order chi connectivity index (χ1) is 15.2. The first-order valence-corrected chi connectivity index (χ1v) is 11.0. The minimum Gasteiger partial charge on any atom is -0.366 e. The summed E-state index contributed by atoms with van der Waals surface area (Å²) in [6, 6.07) is 27.8. The molecule has 0 spiro atoms. The smallest absolute Gasteiger partial charge is 0.248 e. The monoisotopic (exact) mass is 401 g/mol. The van der Waals surface area contributed by atoms with Crippen LogP contribution in [0, 0.1) is 0 Å². The predicted molar refractivity (Wildman–Crippen MR) is 130 cm³/mol. The summed E-state index contributed by atoms with van der Waals surface area (Å²) >= 11 is 0. The van der Waals surface area contributed by atoms with Crippen molar-refractivity contribution in [2.45, 2.75) is 25.7 Å². The maximum absolute atomic E-state index is 11.7. The Balaban J connectivity index is 1.56. The molecule has 6 rings (SSSR count). The van der Waals surface area contributed by atoms with E-state index in [1.165, 1.54) is 52.8 Å². The first kappa shape index (κ1) is 18.1. The lowest BCUT2D eigenvalue weighted by molar-refractivity contribution is 0.100. The Bertz CT molecular complexity index is 1510. The van der Waals surface area contributed by atoms with Crippen LogP contribution in [0.2, 0.25) is 0 Å². The normalized spacial score (nSPS) is 13.5. The van der Waals surface area contributed by atoms with Crippen LogP contribution in [0.15, 0.2) is 78.9 Å². The van der Waals surface area contributed by atoms with Crippen molar-refractivity contribution in [3.63, 3.8) is 0 Å². The van der Waals surface area contributed by atoms with Gasteiger partial charge in [-0.15, -0.1) is 0 Å². The van der Waals surface area contributed by atoms with Gasteiger partial charge >= 0.3 is 0 Å². The summed E-state index contributed by atoms with van der Waals surface area (Å²) in [5.74, 6) is -0.398. The van der Waals surface area contributed by atoms with Crippen molar-refractivity contribution in [1.82, 2.24) is 0 Å². The number of aryl methyl sites for hydroxylation is 2. The van der Waals surface area contributed by atoms with E-state index in [-0.39, 0.29) is 0 Å². The van der Waals surface area contributed by atoms with Gasteiger partial charge in [-0.3, -0.25) is 4.79 Å². The molecule has 0 radical (unpaired) electrons. The van der Waals surface area contributed by atoms with E-state index in [0.29, 0.717) is 5.56 Å². The Morgan fingerprint density at radius 2 is 1.48 bits per heavy atom. The Morgan fingerprint density at radius 1 is 0.677 bits per heavy atom. The zero-order chi connectivity index (χ0) is 20.9. The first-order valence-electron chi connectivity index (χ1n) is 11.0. The summed E-state index contributed by atoms with van der Waals surface area (Å²) in [6.07, 6.45) is 4.99. The minimum absolute atomic E-state index is 0.398. The fraction of sp³-hybridized carbons (Fsp3) is 0.138. The molecule has 0 aliphatic heterocycles. The SMILES string of the molecule is NC(=O)c1ccc2cccc(-c3ccc4c(ccc5c6c(ccc54)CCCC6)c3)c2c1. The number of benzene rings is 5. The van der Waals surface area contributed by atoms with Crippen LogP contribution in [-0.2, 0) is 12.8 Å². The Labute approximate surface area is 181 Å². The average Bonchev–Trinajstić information content (AvgIpc) is 2.82. The molecular weight excluding hydrogens is 378 g/mol. The molecule has 0 aromatic heterocycles. The number of amides is 1. The quantitative estimate of drug-likeness (QED) is 0.325. The fourth-order valence-corrected chi connectivity index (χ4v) is 5.25. The summed E-state index contributed by atoms with van der Waals surface area (Å²) in [5, 5.41) is 7.45. The van der Waals surface area contributed by atoms with Gasteiger partial charge in [0.15, 0.2) is 0 Å². The van der Waals surface area contributed by atoms with Crippen molar-refractivity contribution in [3.8, 4) is 11.1 Å². The number of fused-ring (bicyclic) bond motifs is 6. The highest BCUT2D eigenvalue weighted by Gasteiger charge is 2.14. The molecule has 0 saturated carbocycles. The third-order valence-electron chi connectivity index (χ3n) is 6.83. The van der Waals surface area contributed by atoms with Crippen LogP contribution in [-0.4, -0.2) is 5.91 Å². The molecule has 1 aliphatic carbocycles. The lowest BCUT2D eigenvalue weighted by Gasteiger charge is -2.19. The molecule has 2 heteroatoms. The van der Waals surface area contributed by atoms with E-state index in [9.17, 15) is 4.79 Å². The number of primary amides is 1. The molecule has 1 amide bonds. The Kier molecular flexibility index (Phi) is 4.07. The van der Waals surface area contributed by atoms with Gasteiger partial charge in [0.1, 0.15) is 0 Å². The molecule has 1 aliphatic rings. The van der Waals surface area contributed by atoms with E-state index < -0.39 is 5.91 Å². The molecule has 150 valence electrons. The van der Waals surface area contributed by atoms with Crippen molar-refractivity contribution in [2.24, 2.45) is 5.73 Å². The van der Waals surface area contributed by atoms with Gasteiger partial charge in [0.25, 0.3) is 0 Å². The molecule has 0 fully saturated rings. The summed E-state index contributed by atoms with van der Waals surface area (Å²) in [7, 11) is 0. The van der Waals surface area contributed by atoms with Crippen LogP contribution in [0.25, 0.3) is 43.4 Å². The van der Waals surface area contributed by atoms with Crippen LogP contribution in [0.5, 0.6) is 0 Å². The second kappa shape index (κ2) is 6.95. The zero-order valence-electron chi connectivity index (χ0n) is 17.3. The summed E-state index contributed by atoms with van der Waals surface area (Å²) < 4.78 is 0. The van der Waals surface area contributed by atoms with Crippen molar-refractivity contribution in [2.75, 3.05) is 0 Å². The number of carbonyl (C=O) groups is 1. The number of hydrogen-bond donors (Lipinski definition) is 1. The van der Waals surface area contributed by atoms with Crippen LogP contribution in [0.1, 0.15) is 34.3 Å². The second-order valence-electron chi connectivity index (χ2n) is 8.61. The van der Waals surface area contributed by atoms with Gasteiger partial charge in [-0.1, -0.05) is 60.7 Å². The zero-order valence-corrected chi connectivity index (χ0v) is 17.3. The molecule has 5 aromatic carbocycles. The predicted octanol–water partition coefficient (Wildman–Crippen LogP) is 6.79. The molecular formula is C29H23NO. The molecule has 0 saturated heterocycles. The molecule has 0 bridgehead atoms. The van der Waals surface area contributed by atoms with E-state index in [1.807, 2.05) is 12.1 Å². The molecule has 0 heterocycles. The maximum Gasteiger partial charge on any atom is 0.248 e. The maximum atomic E-state index is 11.7. The largest absolute Gasteiger partial charge is 0.366 e. The highest BCUT2D eigenvalue weighted by Crippen LogP contribution is 2.36. The van der Waals surface area contributed by atoms with E-state index in [1.54, 1.807) is 11.6 Å². The van der Waals surface area contributed by atoms with E-state index in [2.05, 4.69) is 60.7 Å². The number of rotatable bonds is 2. The van der Waals surface area contributed by atoms with Crippen molar-refractivity contribution in [1.29, 1.82) is 0 Å². The molecule has 5 aromatic rings. The van der Waals surface area contributed by atoms with E-state index >= 15 is 0 Å². The topological polar surface area (TPSA) is 43.1 Å². The van der Waals surface area contributed by atoms with Crippen molar-refractivity contribution in [3.05, 3.63) is 95.6 Å². The number of hydrogen-bond acceptors (Lipinski definition) is 1. The van der Waals surface area contributed by atoms with E-state index in [0.717, 1.165) is 21.9 Å². The highest BCUT2D eigenvalue weighted by atomic mass is 16.1. The lowest BCUT2D eigenvalue weighted by atomic mass is 9.86. The van der Waals surface area contributed by atoms with Crippen molar-refractivity contribution >= 4 is 38.2 Å². The van der Waals surface area contributed by atoms with Gasteiger partial charge < -0.3 is 5.73 Å². The fourth-order valence-electron chi connectivity index (χ4n) is 5.25. The van der Waals surface area contributed by atoms with Gasteiger partial charge in [0, 0.05) is 5.56 Å². The van der Waals surface area contributed by atoms with Crippen molar-refractivity contribution < 1.29 is 4.79 Å². The minimum atomic E-state index is -0.398. The highest BCUT2D eigenvalue weighted by molar-refractivity contribution is 6.11. The molecule has 0 atom stereocenters. The summed E-state index contributed by atoms with van der Waals surface area (Å²) in [6.45, 7) is 0. The van der Waals surface area contributed by atoms with Gasteiger partial charge in [-0.25, -0.2) is 0 Å². The Morgan fingerprint density at radius 3 is 2.39 bits per heavy atom. The van der Waals surface area contributed by atoms with Gasteiger partial charge in [0.2, 0.25) is 5.91 Å². The van der Waals surface area contributed by atoms with E-state index in [4.69, 9.17) is 5.73 Å². The number of carbonyl (C=O) groups excluding carboxylic acids is 1. The van der Waals surface area contributed by atoms with Crippen LogP contribution >= 0.6 is 0 Å². The lowest BCUT2D eigenvalue weighted by Crippen LogP contribution is -2.10. The molecule has 0 unspecified atom stereocenters. The van der Waals surface area contributed by atoms with Crippen LogP contribution < -0.4 is 5.73 Å². The van der Waals surface area contributed by atoms with Gasteiger partial charge in [0.05, 0.1) is 0 Å². The third-order valence-corrected chi connectivity index (χ3v) is 6.83. The molecule has 2 N–H and O–H groups in total. The van der Waals surface area contributed by atoms with Gasteiger partial charge in [-0.05, 0) is 98.5 Å². The Hall–Kier alpha value is -3.65. The van der Waals surface area contributed by atoms with Crippen LogP contribution in [0.4, 0.5) is 0 Å². The molecule has 2 nitrogen and oxygen atoms in total. The standard InChI is InChI=1S/C29H23NO/c30-29(31)22-9-8-19-5-3-7-24(28(19)17-22)20-11-13-25-21(16-20)12-15-26-23-6-2-1-4-18(23)10-14-27(25)26/h3,5,7-17H,1-2,4,6H2,(H2,30,31). The second-order valence-corrected chi connectivity index (χ2v) is 8.61. The van der Waals surface area contributed by atoms with Gasteiger partial charge in [-0.2, -0.15) is 0 Å². The third kappa shape index (κ3) is 2.90. The summed E-state index contributed by atoms with van der Waals surface area (Å²) in [4.78, 5) is 11.7. The van der Waals surface area contributed by atoms with Crippen LogP contribution in [0.3, 0.4) is 0 Å².